The van der Waals surface area contributed by atoms with E-state index in [0.717, 1.165) is 4.47 Å². The predicted octanol–water partition coefficient (Wildman–Crippen LogP) is 9.12. The Kier molecular flexibility index (Phi) is 5.52. The van der Waals surface area contributed by atoms with E-state index in [-0.39, 0.29) is 0 Å². The molecule has 0 aliphatic rings. The molecule has 0 nitrogen and oxygen atoms in total. The minimum atomic E-state index is 1.08. The standard InChI is InChI=1S/C30H21Br/c31-26-18-16-23(17-19-26)28-21-20-27(22-10-4-1-5-11-22)29(24-12-6-2-7-13-24)30(28)25-14-8-3-9-15-25/h1-21H. The van der Waals surface area contributed by atoms with E-state index in [1.165, 1.54) is 44.5 Å². The van der Waals surface area contributed by atoms with Gasteiger partial charge in [0.15, 0.2) is 0 Å². The van der Waals surface area contributed by atoms with Crippen molar-refractivity contribution in [3.05, 3.63) is 132 Å². The molecule has 0 aliphatic heterocycles. The van der Waals surface area contributed by atoms with Gasteiger partial charge in [-0.1, -0.05) is 131 Å². The number of halogens is 1. The smallest absolute Gasteiger partial charge is 0.0175 e. The largest absolute Gasteiger partial charge is 0.0622 e. The molecular weight excluding hydrogens is 440 g/mol. The van der Waals surface area contributed by atoms with Crippen molar-refractivity contribution in [2.45, 2.75) is 0 Å². The average Bonchev–Trinajstić information content (AvgIpc) is 2.85. The highest BCUT2D eigenvalue weighted by Crippen LogP contribution is 2.45. The van der Waals surface area contributed by atoms with Gasteiger partial charge in [-0.2, -0.15) is 0 Å². The lowest BCUT2D eigenvalue weighted by atomic mass is 9.83. The van der Waals surface area contributed by atoms with Crippen LogP contribution in [-0.4, -0.2) is 0 Å². The number of hydrogen-bond acceptors (Lipinski definition) is 0. The van der Waals surface area contributed by atoms with E-state index in [9.17, 15) is 0 Å². The first-order valence-corrected chi connectivity index (χ1v) is 11.2. The van der Waals surface area contributed by atoms with Gasteiger partial charge in [0.05, 0.1) is 0 Å². The van der Waals surface area contributed by atoms with E-state index >= 15 is 0 Å². The summed E-state index contributed by atoms with van der Waals surface area (Å²) in [5.74, 6) is 0. The molecule has 0 aromatic heterocycles. The third-order valence-corrected chi connectivity index (χ3v) is 6.10. The zero-order chi connectivity index (χ0) is 21.0. The summed E-state index contributed by atoms with van der Waals surface area (Å²) >= 11 is 3.57. The predicted molar refractivity (Wildman–Crippen MR) is 136 cm³/mol. The summed E-state index contributed by atoms with van der Waals surface area (Å²) in [7, 11) is 0. The number of rotatable bonds is 4. The van der Waals surface area contributed by atoms with Gasteiger partial charge in [0.1, 0.15) is 0 Å². The second kappa shape index (κ2) is 8.75. The van der Waals surface area contributed by atoms with Crippen molar-refractivity contribution in [1.82, 2.24) is 0 Å². The van der Waals surface area contributed by atoms with E-state index in [0.29, 0.717) is 0 Å². The highest BCUT2D eigenvalue weighted by Gasteiger charge is 2.18. The average molecular weight is 461 g/mol. The topological polar surface area (TPSA) is 0 Å². The molecular formula is C30H21Br. The van der Waals surface area contributed by atoms with Crippen molar-refractivity contribution in [2.75, 3.05) is 0 Å². The summed E-state index contributed by atoms with van der Waals surface area (Å²) in [5, 5.41) is 0. The lowest BCUT2D eigenvalue weighted by molar-refractivity contribution is 1.53. The van der Waals surface area contributed by atoms with Crippen LogP contribution in [0.25, 0.3) is 44.5 Å². The van der Waals surface area contributed by atoms with Crippen molar-refractivity contribution >= 4 is 15.9 Å². The molecule has 0 fully saturated rings. The van der Waals surface area contributed by atoms with Gasteiger partial charge in [0.2, 0.25) is 0 Å². The molecule has 5 aromatic rings. The van der Waals surface area contributed by atoms with Crippen LogP contribution in [0.2, 0.25) is 0 Å². The minimum absolute atomic E-state index is 1.08. The second-order valence-corrected chi connectivity index (χ2v) is 8.43. The van der Waals surface area contributed by atoms with Crippen LogP contribution in [0, 0.1) is 0 Å². The van der Waals surface area contributed by atoms with Gasteiger partial charge in [-0.05, 0) is 56.6 Å². The van der Waals surface area contributed by atoms with Gasteiger partial charge in [0, 0.05) is 4.47 Å². The lowest BCUT2D eigenvalue weighted by Crippen LogP contribution is -1.94. The third-order valence-electron chi connectivity index (χ3n) is 5.57. The first kappa shape index (κ1) is 19.5. The van der Waals surface area contributed by atoms with Crippen LogP contribution in [0.4, 0.5) is 0 Å². The minimum Gasteiger partial charge on any atom is -0.0622 e. The number of benzene rings is 5. The van der Waals surface area contributed by atoms with Crippen LogP contribution in [0.1, 0.15) is 0 Å². The summed E-state index contributed by atoms with van der Waals surface area (Å²) in [6, 6.07) is 45.2. The molecule has 5 aromatic carbocycles. The van der Waals surface area contributed by atoms with Gasteiger partial charge in [-0.25, -0.2) is 0 Å². The molecule has 1 heteroatoms. The van der Waals surface area contributed by atoms with Gasteiger partial charge < -0.3 is 0 Å². The molecule has 0 amide bonds. The van der Waals surface area contributed by atoms with Gasteiger partial charge in [-0.3, -0.25) is 0 Å². The van der Waals surface area contributed by atoms with Crippen molar-refractivity contribution < 1.29 is 0 Å². The molecule has 0 spiro atoms. The van der Waals surface area contributed by atoms with E-state index < -0.39 is 0 Å². The summed E-state index contributed by atoms with van der Waals surface area (Å²) in [6.07, 6.45) is 0. The Labute approximate surface area is 192 Å². The molecule has 148 valence electrons. The molecule has 0 atom stereocenters. The Morgan fingerprint density at radius 2 is 0.677 bits per heavy atom. The molecule has 5 rings (SSSR count). The van der Waals surface area contributed by atoms with E-state index in [4.69, 9.17) is 0 Å². The lowest BCUT2D eigenvalue weighted by Gasteiger charge is -2.20. The zero-order valence-electron chi connectivity index (χ0n) is 17.0. The molecule has 0 radical (unpaired) electrons. The SMILES string of the molecule is Brc1ccc(-c2ccc(-c3ccccc3)c(-c3ccccc3)c2-c2ccccc2)cc1. The van der Waals surface area contributed by atoms with E-state index in [2.05, 4.69) is 143 Å². The Morgan fingerprint density at radius 3 is 1.10 bits per heavy atom. The Bertz CT molecular complexity index is 1290. The maximum absolute atomic E-state index is 3.57. The molecule has 31 heavy (non-hydrogen) atoms. The monoisotopic (exact) mass is 460 g/mol. The van der Waals surface area contributed by atoms with E-state index in [1.54, 1.807) is 0 Å². The molecule has 0 saturated heterocycles. The normalized spacial score (nSPS) is 10.7. The molecule has 0 N–H and O–H groups in total. The first-order valence-electron chi connectivity index (χ1n) is 10.4. The van der Waals surface area contributed by atoms with Gasteiger partial charge in [0.25, 0.3) is 0 Å². The summed E-state index contributed by atoms with van der Waals surface area (Å²) < 4.78 is 1.08. The fraction of sp³-hybridized carbons (Fsp3) is 0. The van der Waals surface area contributed by atoms with Crippen molar-refractivity contribution in [3.8, 4) is 44.5 Å². The highest BCUT2D eigenvalue weighted by atomic mass is 79.9. The van der Waals surface area contributed by atoms with Crippen molar-refractivity contribution in [2.24, 2.45) is 0 Å². The van der Waals surface area contributed by atoms with Crippen LogP contribution in [0.5, 0.6) is 0 Å². The van der Waals surface area contributed by atoms with Gasteiger partial charge in [-0.15, -0.1) is 0 Å². The maximum Gasteiger partial charge on any atom is 0.0175 e. The molecule has 0 unspecified atom stereocenters. The molecule has 0 bridgehead atoms. The quantitative estimate of drug-likeness (QED) is 0.250. The molecule has 0 saturated carbocycles. The Morgan fingerprint density at radius 1 is 0.323 bits per heavy atom. The summed E-state index contributed by atoms with van der Waals surface area (Å²) in [5.41, 5.74) is 9.87. The Hall–Kier alpha value is -3.42. The highest BCUT2D eigenvalue weighted by molar-refractivity contribution is 9.10. The van der Waals surface area contributed by atoms with Crippen LogP contribution in [-0.2, 0) is 0 Å². The van der Waals surface area contributed by atoms with Crippen LogP contribution in [0.15, 0.2) is 132 Å². The van der Waals surface area contributed by atoms with Crippen LogP contribution in [0.3, 0.4) is 0 Å². The Balaban J connectivity index is 1.89. The third kappa shape index (κ3) is 3.97. The summed E-state index contributed by atoms with van der Waals surface area (Å²) in [6.45, 7) is 0. The molecule has 0 aliphatic carbocycles. The van der Waals surface area contributed by atoms with Crippen LogP contribution < -0.4 is 0 Å². The second-order valence-electron chi connectivity index (χ2n) is 7.52. The fourth-order valence-electron chi connectivity index (χ4n) is 4.14. The first-order chi connectivity index (χ1) is 15.3. The molecule has 0 heterocycles. The van der Waals surface area contributed by atoms with Crippen molar-refractivity contribution in [1.29, 1.82) is 0 Å². The van der Waals surface area contributed by atoms with Crippen LogP contribution >= 0.6 is 15.9 Å². The van der Waals surface area contributed by atoms with Gasteiger partial charge >= 0.3 is 0 Å². The maximum atomic E-state index is 3.57. The summed E-state index contributed by atoms with van der Waals surface area (Å²) in [4.78, 5) is 0. The van der Waals surface area contributed by atoms with E-state index in [1.807, 2.05) is 0 Å². The number of hydrogen-bond donors (Lipinski definition) is 0. The van der Waals surface area contributed by atoms with Crippen molar-refractivity contribution in [3.63, 3.8) is 0 Å². The fourth-order valence-corrected chi connectivity index (χ4v) is 4.40. The zero-order valence-corrected chi connectivity index (χ0v) is 18.6.